The topological polar surface area (TPSA) is 108 Å². The Hall–Kier alpha value is -1.25. The third kappa shape index (κ3) is 30.8. The number of unbranched alkanes of at least 4 members (excludes halogenated alkanes) is 15. The highest BCUT2D eigenvalue weighted by atomic mass is 31.2. The normalized spacial score (nSPS) is 14.0. The smallest absolute Gasteiger partial charge is 0.462 e. The summed E-state index contributed by atoms with van der Waals surface area (Å²) in [4.78, 5) is 34.9. The number of ether oxygens (including phenoxy) is 2. The zero-order valence-corrected chi connectivity index (χ0v) is 29.8. The Kier molecular flexibility index (Phi) is 27.2. The number of rotatable bonds is 31. The molecule has 0 heterocycles. The molecule has 1 N–H and O–H groups in total. The summed E-state index contributed by atoms with van der Waals surface area (Å²) < 4.78 is 34.0. The molecule has 0 aliphatic rings. The van der Waals surface area contributed by atoms with Crippen LogP contribution in [0.5, 0.6) is 0 Å². The predicted octanol–water partition coefficient (Wildman–Crippen LogP) is 8.68. The van der Waals surface area contributed by atoms with E-state index in [1.54, 1.807) is 0 Å². The van der Waals surface area contributed by atoms with E-state index in [0.717, 1.165) is 57.8 Å². The van der Waals surface area contributed by atoms with E-state index < -0.39 is 26.5 Å². The number of esters is 2. The van der Waals surface area contributed by atoms with Gasteiger partial charge in [0.25, 0.3) is 0 Å². The molecule has 2 atom stereocenters. The first-order valence-electron chi connectivity index (χ1n) is 17.4. The Morgan fingerprint density at radius 1 is 0.682 bits per heavy atom. The van der Waals surface area contributed by atoms with Gasteiger partial charge in [-0.25, -0.2) is 4.57 Å². The van der Waals surface area contributed by atoms with Crippen LogP contribution in [-0.2, 0) is 32.7 Å². The Balaban J connectivity index is 4.51. The van der Waals surface area contributed by atoms with Gasteiger partial charge in [0.2, 0.25) is 0 Å². The van der Waals surface area contributed by atoms with Gasteiger partial charge < -0.3 is 18.9 Å². The largest absolute Gasteiger partial charge is 0.472 e. The van der Waals surface area contributed by atoms with Crippen molar-refractivity contribution in [3.8, 4) is 0 Å². The van der Waals surface area contributed by atoms with Crippen molar-refractivity contribution in [1.29, 1.82) is 0 Å². The number of carbonyl (C=O) groups is 2. The number of hydrogen-bond donors (Lipinski definition) is 1. The van der Waals surface area contributed by atoms with Gasteiger partial charge in [-0.2, -0.15) is 0 Å². The molecule has 260 valence electrons. The van der Waals surface area contributed by atoms with Gasteiger partial charge in [0.1, 0.15) is 19.8 Å². The zero-order valence-electron chi connectivity index (χ0n) is 28.9. The van der Waals surface area contributed by atoms with E-state index >= 15 is 0 Å². The second kappa shape index (κ2) is 28.0. The zero-order chi connectivity index (χ0) is 32.9. The Morgan fingerprint density at radius 2 is 1.18 bits per heavy atom. The molecule has 0 radical (unpaired) electrons. The summed E-state index contributed by atoms with van der Waals surface area (Å²) in [5.74, 6) is -0.813. The van der Waals surface area contributed by atoms with Crippen LogP contribution in [0.3, 0.4) is 0 Å². The van der Waals surface area contributed by atoms with Crippen molar-refractivity contribution in [2.45, 2.75) is 148 Å². The fourth-order valence-electron chi connectivity index (χ4n) is 4.46. The minimum absolute atomic E-state index is 0.0323. The molecule has 44 heavy (non-hydrogen) atoms. The molecule has 0 bridgehead atoms. The van der Waals surface area contributed by atoms with Crippen molar-refractivity contribution in [1.82, 2.24) is 0 Å². The molecular weight excluding hydrogens is 581 g/mol. The highest BCUT2D eigenvalue weighted by molar-refractivity contribution is 7.47. The molecule has 0 saturated heterocycles. The van der Waals surface area contributed by atoms with Crippen molar-refractivity contribution in [3.05, 3.63) is 12.2 Å². The maximum absolute atomic E-state index is 12.5. The minimum Gasteiger partial charge on any atom is -0.462 e. The lowest BCUT2D eigenvalue weighted by Crippen LogP contribution is -2.37. The molecule has 0 aromatic carbocycles. The average Bonchev–Trinajstić information content (AvgIpc) is 2.95. The summed E-state index contributed by atoms with van der Waals surface area (Å²) in [6.45, 7) is 4.32. The molecule has 1 unspecified atom stereocenters. The van der Waals surface area contributed by atoms with E-state index in [9.17, 15) is 19.0 Å². The van der Waals surface area contributed by atoms with E-state index in [1.807, 2.05) is 21.1 Å². The van der Waals surface area contributed by atoms with Crippen molar-refractivity contribution in [2.24, 2.45) is 0 Å². The van der Waals surface area contributed by atoms with Gasteiger partial charge in [0.05, 0.1) is 27.7 Å². The number of allylic oxidation sites excluding steroid dienone is 2. The SMILES string of the molecule is CCCC/C=C/CCCCCCCC(=O)O[C@H](COC(=O)CCCCCCCCCCC)COP(=O)(O)OCC[N+](C)(C)C. The van der Waals surface area contributed by atoms with Crippen LogP contribution in [0.4, 0.5) is 0 Å². The average molecular weight is 649 g/mol. The molecule has 0 rings (SSSR count). The summed E-state index contributed by atoms with van der Waals surface area (Å²) in [5, 5.41) is 0. The molecule has 10 heteroatoms. The number of nitrogens with zero attached hydrogens (tertiary/aromatic N) is 1. The summed E-state index contributed by atoms with van der Waals surface area (Å²) in [6, 6.07) is 0. The fourth-order valence-corrected chi connectivity index (χ4v) is 5.20. The third-order valence-corrected chi connectivity index (χ3v) is 8.28. The summed E-state index contributed by atoms with van der Waals surface area (Å²) in [7, 11) is 1.47. The summed E-state index contributed by atoms with van der Waals surface area (Å²) in [6.07, 6.45) is 24.1. The third-order valence-electron chi connectivity index (χ3n) is 7.30. The second-order valence-corrected chi connectivity index (χ2v) is 14.4. The van der Waals surface area contributed by atoms with Gasteiger partial charge in [-0.15, -0.1) is 0 Å². The van der Waals surface area contributed by atoms with Gasteiger partial charge >= 0.3 is 19.8 Å². The highest BCUT2D eigenvalue weighted by Crippen LogP contribution is 2.43. The first-order valence-corrected chi connectivity index (χ1v) is 18.9. The van der Waals surface area contributed by atoms with E-state index in [-0.39, 0.29) is 25.6 Å². The van der Waals surface area contributed by atoms with Gasteiger partial charge in [0, 0.05) is 12.8 Å². The lowest BCUT2D eigenvalue weighted by molar-refractivity contribution is -0.870. The number of phosphoric ester groups is 1. The molecular formula is C34H67NO8P+. The van der Waals surface area contributed by atoms with Gasteiger partial charge in [-0.3, -0.25) is 18.6 Å². The fraction of sp³-hybridized carbons (Fsp3) is 0.882. The maximum Gasteiger partial charge on any atom is 0.472 e. The Morgan fingerprint density at radius 3 is 1.75 bits per heavy atom. The predicted molar refractivity (Wildman–Crippen MR) is 178 cm³/mol. The van der Waals surface area contributed by atoms with E-state index in [0.29, 0.717) is 23.9 Å². The molecule has 0 aromatic rings. The lowest BCUT2D eigenvalue weighted by Gasteiger charge is -2.24. The van der Waals surface area contributed by atoms with Crippen LogP contribution in [0.15, 0.2) is 12.2 Å². The molecule has 0 aromatic heterocycles. The first-order chi connectivity index (χ1) is 21.0. The van der Waals surface area contributed by atoms with Crippen molar-refractivity contribution < 1.29 is 42.1 Å². The van der Waals surface area contributed by atoms with Crippen LogP contribution in [0.2, 0.25) is 0 Å². The van der Waals surface area contributed by atoms with E-state index in [4.69, 9.17) is 18.5 Å². The number of quaternary nitrogens is 1. The molecule has 0 aliphatic carbocycles. The van der Waals surface area contributed by atoms with Crippen LogP contribution in [0.1, 0.15) is 142 Å². The number of likely N-dealkylation sites (N-methyl/N-ethyl adjacent to an activating group) is 1. The Bertz CT molecular complexity index is 784. The Labute approximate surface area is 269 Å². The van der Waals surface area contributed by atoms with Crippen LogP contribution >= 0.6 is 7.82 Å². The number of hydrogen-bond acceptors (Lipinski definition) is 7. The van der Waals surface area contributed by atoms with E-state index in [1.165, 1.54) is 51.4 Å². The van der Waals surface area contributed by atoms with Crippen LogP contribution in [-0.4, -0.2) is 74.9 Å². The highest BCUT2D eigenvalue weighted by Gasteiger charge is 2.27. The van der Waals surface area contributed by atoms with Crippen molar-refractivity contribution in [3.63, 3.8) is 0 Å². The minimum atomic E-state index is -4.36. The summed E-state index contributed by atoms with van der Waals surface area (Å²) >= 11 is 0. The molecule has 0 fully saturated rings. The van der Waals surface area contributed by atoms with Crippen molar-refractivity contribution >= 4 is 19.8 Å². The van der Waals surface area contributed by atoms with Gasteiger partial charge in [-0.05, 0) is 32.1 Å². The maximum atomic E-state index is 12.5. The van der Waals surface area contributed by atoms with E-state index in [2.05, 4.69) is 26.0 Å². The lowest BCUT2D eigenvalue weighted by atomic mass is 10.1. The number of phosphoric acid groups is 1. The molecule has 0 aliphatic heterocycles. The molecule has 0 amide bonds. The van der Waals surface area contributed by atoms with Crippen LogP contribution in [0, 0.1) is 0 Å². The van der Waals surface area contributed by atoms with Gasteiger partial charge in [0.15, 0.2) is 6.10 Å². The monoisotopic (exact) mass is 648 g/mol. The van der Waals surface area contributed by atoms with Crippen LogP contribution < -0.4 is 0 Å². The first kappa shape index (κ1) is 42.8. The second-order valence-electron chi connectivity index (χ2n) is 12.9. The molecule has 9 nitrogen and oxygen atoms in total. The molecule has 0 saturated carbocycles. The quantitative estimate of drug-likeness (QED) is 0.0262. The number of carbonyl (C=O) groups excluding carboxylic acids is 2. The standard InChI is InChI=1S/C34H66NO8P/c1-6-8-10-12-14-16-17-19-21-23-25-27-34(37)43-32(31-42-44(38,39)41-29-28-35(3,4)5)30-40-33(36)26-24-22-20-18-15-13-11-9-7-2/h12,14,32H,6-11,13,15-31H2,1-5H3/p+1/b14-12+/t32-/m1/s1. The van der Waals surface area contributed by atoms with Crippen molar-refractivity contribution in [2.75, 3.05) is 47.5 Å². The molecule has 0 spiro atoms. The van der Waals surface area contributed by atoms with Gasteiger partial charge in [-0.1, -0.05) is 109 Å². The summed E-state index contributed by atoms with van der Waals surface area (Å²) in [5.41, 5.74) is 0. The van der Waals surface area contributed by atoms with Crippen LogP contribution in [0.25, 0.3) is 0 Å².